The summed E-state index contributed by atoms with van der Waals surface area (Å²) in [7, 11) is 2.13. The molecule has 1 aromatic rings. The van der Waals surface area contributed by atoms with E-state index < -0.39 is 0 Å². The molecular weight excluding hydrogens is 302 g/mol. The molecule has 2 rings (SSSR count). The van der Waals surface area contributed by atoms with Crippen LogP contribution in [0.4, 0.5) is 0 Å². The highest BCUT2D eigenvalue weighted by atomic mass is 35.5. The van der Waals surface area contributed by atoms with E-state index in [4.69, 9.17) is 22.1 Å². The summed E-state index contributed by atoms with van der Waals surface area (Å²) >= 11 is 6.16. The molecule has 1 fully saturated rings. The molecule has 1 aromatic carbocycles. The summed E-state index contributed by atoms with van der Waals surface area (Å²) < 4.78 is 5.48. The molecule has 0 amide bonds. The number of phenols is 1. The van der Waals surface area contributed by atoms with Crippen molar-refractivity contribution in [3.8, 4) is 11.5 Å². The molecule has 0 aromatic heterocycles. The Morgan fingerprint density at radius 3 is 2.77 bits per heavy atom. The lowest BCUT2D eigenvalue weighted by Gasteiger charge is -2.42. The Hall–Kier alpha value is -1.01. The number of nitrogens with zero attached hydrogens (tertiary/aromatic N) is 2. The van der Waals surface area contributed by atoms with Gasteiger partial charge >= 0.3 is 0 Å². The van der Waals surface area contributed by atoms with Crippen molar-refractivity contribution >= 4 is 11.6 Å². The van der Waals surface area contributed by atoms with Crippen molar-refractivity contribution in [3.05, 3.63) is 22.7 Å². The van der Waals surface area contributed by atoms with Gasteiger partial charge in [0.15, 0.2) is 11.5 Å². The van der Waals surface area contributed by atoms with Gasteiger partial charge in [-0.1, -0.05) is 11.6 Å². The Kier molecular flexibility index (Phi) is 5.92. The maximum Gasteiger partial charge on any atom is 0.176 e. The second kappa shape index (κ2) is 7.51. The van der Waals surface area contributed by atoms with Gasteiger partial charge in [0.05, 0.1) is 11.6 Å². The van der Waals surface area contributed by atoms with E-state index >= 15 is 0 Å². The molecule has 1 aliphatic rings. The van der Waals surface area contributed by atoms with Crippen LogP contribution in [0.5, 0.6) is 11.5 Å². The van der Waals surface area contributed by atoms with Crippen LogP contribution in [0.2, 0.25) is 5.02 Å². The molecule has 1 heterocycles. The Labute approximate surface area is 137 Å². The van der Waals surface area contributed by atoms with Crippen LogP contribution < -0.4 is 10.5 Å². The van der Waals surface area contributed by atoms with Crippen LogP contribution in [0.1, 0.15) is 25.5 Å². The van der Waals surface area contributed by atoms with Crippen molar-refractivity contribution in [3.63, 3.8) is 0 Å². The van der Waals surface area contributed by atoms with Crippen LogP contribution in [0.3, 0.4) is 0 Å². The number of hydrogen-bond acceptors (Lipinski definition) is 5. The van der Waals surface area contributed by atoms with E-state index in [-0.39, 0.29) is 11.8 Å². The van der Waals surface area contributed by atoms with Gasteiger partial charge in [-0.3, -0.25) is 4.90 Å². The number of ether oxygens (including phenoxy) is 1. The Morgan fingerprint density at radius 2 is 2.18 bits per heavy atom. The van der Waals surface area contributed by atoms with Crippen LogP contribution in [-0.4, -0.2) is 60.8 Å². The third-order valence-corrected chi connectivity index (χ3v) is 4.53. The minimum absolute atomic E-state index is 0.00513. The number of hydrogen-bond donors (Lipinski definition) is 2. The molecule has 0 spiro atoms. The maximum atomic E-state index is 10.00. The number of phenolic OH excluding ortho intramolecular Hbond substituents is 1. The van der Waals surface area contributed by atoms with Gasteiger partial charge in [-0.15, -0.1) is 0 Å². The van der Waals surface area contributed by atoms with E-state index in [1.807, 2.05) is 13.0 Å². The highest BCUT2D eigenvalue weighted by Crippen LogP contribution is 2.38. The van der Waals surface area contributed by atoms with E-state index in [1.165, 1.54) is 0 Å². The quantitative estimate of drug-likeness (QED) is 0.867. The fourth-order valence-electron chi connectivity index (χ4n) is 3.13. The number of piperazine rings is 1. The SMILES string of the molecule is CCOc1cc(C(CN)N2CCN(C)CC2C)cc(Cl)c1O. The first-order chi connectivity index (χ1) is 10.5. The molecule has 5 nitrogen and oxygen atoms in total. The highest BCUT2D eigenvalue weighted by molar-refractivity contribution is 6.32. The van der Waals surface area contributed by atoms with E-state index in [0.29, 0.717) is 30.0 Å². The largest absolute Gasteiger partial charge is 0.503 e. The molecule has 2 unspecified atom stereocenters. The first kappa shape index (κ1) is 17.3. The van der Waals surface area contributed by atoms with Gasteiger partial charge in [-0.25, -0.2) is 0 Å². The van der Waals surface area contributed by atoms with Crippen LogP contribution >= 0.6 is 11.6 Å². The molecule has 3 N–H and O–H groups in total. The molecule has 6 heteroatoms. The first-order valence-electron chi connectivity index (χ1n) is 7.77. The molecule has 1 aliphatic heterocycles. The van der Waals surface area contributed by atoms with Crippen LogP contribution in [0.15, 0.2) is 12.1 Å². The summed E-state index contributed by atoms with van der Waals surface area (Å²) in [6.07, 6.45) is 0. The standard InChI is InChI=1S/C16H26ClN3O2/c1-4-22-15-8-12(7-13(17)16(15)21)14(9-18)20-6-5-19(3)10-11(20)2/h7-8,11,14,21H,4-6,9-10,18H2,1-3H3. The monoisotopic (exact) mass is 327 g/mol. The van der Waals surface area contributed by atoms with Gasteiger partial charge < -0.3 is 20.5 Å². The molecule has 124 valence electrons. The summed E-state index contributed by atoms with van der Waals surface area (Å²) in [5.41, 5.74) is 7.03. The van der Waals surface area contributed by atoms with E-state index in [9.17, 15) is 5.11 Å². The van der Waals surface area contributed by atoms with Gasteiger partial charge in [0.2, 0.25) is 0 Å². The zero-order valence-electron chi connectivity index (χ0n) is 13.6. The number of rotatable bonds is 5. The van der Waals surface area contributed by atoms with E-state index in [1.54, 1.807) is 6.07 Å². The number of nitrogens with two attached hydrogens (primary N) is 1. The molecule has 0 radical (unpaired) electrons. The average molecular weight is 328 g/mol. The van der Waals surface area contributed by atoms with Gasteiger partial charge in [0.25, 0.3) is 0 Å². The third kappa shape index (κ3) is 3.66. The van der Waals surface area contributed by atoms with Gasteiger partial charge in [0.1, 0.15) is 0 Å². The van der Waals surface area contributed by atoms with Crippen molar-refractivity contribution < 1.29 is 9.84 Å². The van der Waals surface area contributed by atoms with Gasteiger partial charge in [-0.05, 0) is 38.6 Å². The molecule has 0 aliphatic carbocycles. The minimum Gasteiger partial charge on any atom is -0.503 e. The number of halogens is 1. The van der Waals surface area contributed by atoms with Crippen LogP contribution in [0, 0.1) is 0 Å². The normalized spacial score (nSPS) is 21.8. The minimum atomic E-state index is -0.00513. The number of likely N-dealkylation sites (N-methyl/N-ethyl adjacent to an activating group) is 1. The maximum absolute atomic E-state index is 10.00. The van der Waals surface area contributed by atoms with E-state index in [2.05, 4.69) is 23.8 Å². The average Bonchev–Trinajstić information content (AvgIpc) is 2.47. The lowest BCUT2D eigenvalue weighted by atomic mass is 10.0. The third-order valence-electron chi connectivity index (χ3n) is 4.24. The summed E-state index contributed by atoms with van der Waals surface area (Å²) in [6, 6.07) is 4.13. The molecule has 1 saturated heterocycles. The van der Waals surface area contributed by atoms with Crippen molar-refractivity contribution in [1.82, 2.24) is 9.80 Å². The predicted octanol–water partition coefficient (Wildman–Crippen LogP) is 2.08. The Bertz CT molecular complexity index is 512. The van der Waals surface area contributed by atoms with Crippen molar-refractivity contribution in [2.75, 3.05) is 39.8 Å². The van der Waals surface area contributed by atoms with Crippen LogP contribution in [0.25, 0.3) is 0 Å². The Balaban J connectivity index is 2.31. The van der Waals surface area contributed by atoms with Crippen LogP contribution in [-0.2, 0) is 0 Å². The lowest BCUT2D eigenvalue weighted by Crippen LogP contribution is -2.52. The molecule has 0 bridgehead atoms. The van der Waals surface area contributed by atoms with Crippen molar-refractivity contribution in [2.45, 2.75) is 25.9 Å². The zero-order chi connectivity index (χ0) is 16.3. The molecule has 0 saturated carbocycles. The second-order valence-electron chi connectivity index (χ2n) is 5.88. The van der Waals surface area contributed by atoms with Crippen molar-refractivity contribution in [2.24, 2.45) is 5.73 Å². The molecular formula is C16H26ClN3O2. The summed E-state index contributed by atoms with van der Waals surface area (Å²) in [5.74, 6) is 0.416. The summed E-state index contributed by atoms with van der Waals surface area (Å²) in [5, 5.41) is 10.3. The number of benzene rings is 1. The van der Waals surface area contributed by atoms with E-state index in [0.717, 1.165) is 25.2 Å². The second-order valence-corrected chi connectivity index (χ2v) is 6.29. The molecule has 22 heavy (non-hydrogen) atoms. The highest BCUT2D eigenvalue weighted by Gasteiger charge is 2.29. The topological polar surface area (TPSA) is 62.0 Å². The summed E-state index contributed by atoms with van der Waals surface area (Å²) in [6.45, 7) is 8.06. The predicted molar refractivity (Wildman–Crippen MR) is 89.7 cm³/mol. The summed E-state index contributed by atoms with van der Waals surface area (Å²) in [4.78, 5) is 4.72. The molecule has 2 atom stereocenters. The Morgan fingerprint density at radius 1 is 1.45 bits per heavy atom. The fraction of sp³-hybridized carbons (Fsp3) is 0.625. The first-order valence-corrected chi connectivity index (χ1v) is 8.15. The van der Waals surface area contributed by atoms with Gasteiger partial charge in [0, 0.05) is 38.3 Å². The fourth-order valence-corrected chi connectivity index (χ4v) is 3.35. The smallest absolute Gasteiger partial charge is 0.176 e. The lowest BCUT2D eigenvalue weighted by molar-refractivity contribution is 0.0634. The number of aromatic hydroxyl groups is 1. The van der Waals surface area contributed by atoms with Gasteiger partial charge in [-0.2, -0.15) is 0 Å². The zero-order valence-corrected chi connectivity index (χ0v) is 14.3. The van der Waals surface area contributed by atoms with Crippen molar-refractivity contribution in [1.29, 1.82) is 0 Å².